The number of ether oxygens (including phenoxy) is 1. The third-order valence-corrected chi connectivity index (χ3v) is 4.91. The van der Waals surface area contributed by atoms with E-state index in [0.29, 0.717) is 11.8 Å². The van der Waals surface area contributed by atoms with E-state index in [1.165, 1.54) is 31.2 Å². The van der Waals surface area contributed by atoms with Crippen molar-refractivity contribution >= 4 is 22.4 Å². The Labute approximate surface area is 153 Å². The number of benzene rings is 2. The summed E-state index contributed by atoms with van der Waals surface area (Å²) in [6, 6.07) is 14.0. The summed E-state index contributed by atoms with van der Waals surface area (Å²) in [6.07, 6.45) is 7.71. The summed E-state index contributed by atoms with van der Waals surface area (Å²) in [6.45, 7) is 0.770. The summed E-state index contributed by atoms with van der Waals surface area (Å²) in [5, 5.41) is 4.37. The predicted molar refractivity (Wildman–Crippen MR) is 105 cm³/mol. The molecular weight excluding hydrogens is 324 g/mol. The highest BCUT2D eigenvalue weighted by molar-refractivity contribution is 5.91. The molecule has 1 fully saturated rings. The number of hydrogen-bond donors (Lipinski definition) is 2. The minimum atomic E-state index is 0.373. The maximum absolute atomic E-state index is 6.23. The van der Waals surface area contributed by atoms with Crippen LogP contribution < -0.4 is 15.8 Å². The van der Waals surface area contributed by atoms with Crippen molar-refractivity contribution in [3.63, 3.8) is 0 Å². The first kappa shape index (κ1) is 16.6. The summed E-state index contributed by atoms with van der Waals surface area (Å²) >= 11 is 0. The third-order valence-electron chi connectivity index (χ3n) is 4.91. The predicted octanol–water partition coefficient (Wildman–Crippen LogP) is 4.19. The van der Waals surface area contributed by atoms with E-state index in [-0.39, 0.29) is 0 Å². The number of anilines is 2. The van der Waals surface area contributed by atoms with E-state index in [4.69, 9.17) is 10.5 Å². The van der Waals surface area contributed by atoms with Gasteiger partial charge in [0, 0.05) is 17.6 Å². The first-order valence-electron chi connectivity index (χ1n) is 9.28. The zero-order valence-corrected chi connectivity index (χ0v) is 14.8. The van der Waals surface area contributed by atoms with Gasteiger partial charge in [0.25, 0.3) is 0 Å². The summed E-state index contributed by atoms with van der Waals surface area (Å²) in [5.74, 6) is 1.83. The van der Waals surface area contributed by atoms with Crippen molar-refractivity contribution in [3.8, 4) is 5.75 Å². The van der Waals surface area contributed by atoms with Crippen molar-refractivity contribution in [3.05, 3.63) is 54.4 Å². The second kappa shape index (κ2) is 7.60. The van der Waals surface area contributed by atoms with Crippen LogP contribution >= 0.6 is 0 Å². The lowest BCUT2D eigenvalue weighted by atomic mass is 10.1. The SMILES string of the molecule is Nc1ccc2ncnc(NCCc3ccccc3OC3CCCC3)c2c1. The molecule has 5 nitrogen and oxygen atoms in total. The Morgan fingerprint density at radius 3 is 2.81 bits per heavy atom. The Balaban J connectivity index is 1.44. The number of nitrogens with zero attached hydrogens (tertiary/aromatic N) is 2. The number of para-hydroxylation sites is 1. The first-order chi connectivity index (χ1) is 12.8. The summed E-state index contributed by atoms with van der Waals surface area (Å²) in [5.41, 5.74) is 8.74. The van der Waals surface area contributed by atoms with Crippen LogP contribution in [0.2, 0.25) is 0 Å². The maximum atomic E-state index is 6.23. The molecule has 1 aliphatic rings. The second-order valence-electron chi connectivity index (χ2n) is 6.81. The zero-order valence-electron chi connectivity index (χ0n) is 14.8. The topological polar surface area (TPSA) is 73.1 Å². The molecule has 5 heteroatoms. The van der Waals surface area contributed by atoms with Gasteiger partial charge in [-0.15, -0.1) is 0 Å². The molecule has 0 atom stereocenters. The van der Waals surface area contributed by atoms with E-state index < -0.39 is 0 Å². The molecule has 26 heavy (non-hydrogen) atoms. The van der Waals surface area contributed by atoms with Crippen LogP contribution in [0.15, 0.2) is 48.8 Å². The van der Waals surface area contributed by atoms with Gasteiger partial charge in [0.15, 0.2) is 0 Å². The van der Waals surface area contributed by atoms with Crippen molar-refractivity contribution in [1.82, 2.24) is 9.97 Å². The standard InChI is InChI=1S/C21H24N4O/c22-16-9-10-19-18(13-16)21(25-14-24-19)23-12-11-15-5-1-4-8-20(15)26-17-6-2-3-7-17/h1,4-5,8-10,13-14,17H,2-3,6-7,11-12,22H2,(H,23,24,25). The van der Waals surface area contributed by atoms with Gasteiger partial charge < -0.3 is 15.8 Å². The Kier molecular flexibility index (Phi) is 4.86. The molecule has 3 aromatic rings. The number of rotatable bonds is 6. The van der Waals surface area contributed by atoms with Crippen LogP contribution in [0.4, 0.5) is 11.5 Å². The molecule has 1 saturated carbocycles. The lowest BCUT2D eigenvalue weighted by molar-refractivity contribution is 0.208. The molecule has 4 rings (SSSR count). The molecule has 2 aromatic carbocycles. The highest BCUT2D eigenvalue weighted by Crippen LogP contribution is 2.27. The fourth-order valence-electron chi connectivity index (χ4n) is 3.54. The fourth-order valence-corrected chi connectivity index (χ4v) is 3.54. The van der Waals surface area contributed by atoms with Gasteiger partial charge in [-0.05, 0) is 61.9 Å². The van der Waals surface area contributed by atoms with Gasteiger partial charge >= 0.3 is 0 Å². The highest BCUT2D eigenvalue weighted by atomic mass is 16.5. The van der Waals surface area contributed by atoms with E-state index in [0.717, 1.165) is 35.4 Å². The van der Waals surface area contributed by atoms with E-state index >= 15 is 0 Å². The zero-order chi connectivity index (χ0) is 17.8. The van der Waals surface area contributed by atoms with Crippen LogP contribution in [0.5, 0.6) is 5.75 Å². The molecule has 0 amide bonds. The average Bonchev–Trinajstić information content (AvgIpc) is 3.16. The smallest absolute Gasteiger partial charge is 0.137 e. The number of nitrogens with one attached hydrogen (secondary N) is 1. The summed E-state index contributed by atoms with van der Waals surface area (Å²) < 4.78 is 6.23. The van der Waals surface area contributed by atoms with E-state index in [1.54, 1.807) is 6.33 Å². The number of aromatic nitrogens is 2. The van der Waals surface area contributed by atoms with Gasteiger partial charge in [0.2, 0.25) is 0 Å². The van der Waals surface area contributed by atoms with E-state index in [2.05, 4.69) is 33.5 Å². The van der Waals surface area contributed by atoms with E-state index in [9.17, 15) is 0 Å². The summed E-state index contributed by atoms with van der Waals surface area (Å²) in [7, 11) is 0. The molecule has 1 aromatic heterocycles. The fraction of sp³-hybridized carbons (Fsp3) is 0.333. The molecule has 0 radical (unpaired) electrons. The Hall–Kier alpha value is -2.82. The molecule has 0 unspecified atom stereocenters. The van der Waals surface area contributed by atoms with Crippen LogP contribution in [0.1, 0.15) is 31.2 Å². The van der Waals surface area contributed by atoms with Gasteiger partial charge in [0.05, 0.1) is 11.6 Å². The molecule has 0 bridgehead atoms. The molecule has 134 valence electrons. The van der Waals surface area contributed by atoms with Crippen molar-refractivity contribution in [2.75, 3.05) is 17.6 Å². The van der Waals surface area contributed by atoms with Crippen molar-refractivity contribution < 1.29 is 4.74 Å². The largest absolute Gasteiger partial charge is 0.490 e. The number of nitrogen functional groups attached to an aromatic ring is 1. The third kappa shape index (κ3) is 3.72. The van der Waals surface area contributed by atoms with Crippen LogP contribution in [0.25, 0.3) is 10.9 Å². The lowest BCUT2D eigenvalue weighted by Gasteiger charge is -2.17. The quantitative estimate of drug-likeness (QED) is 0.654. The molecular formula is C21H24N4O. The van der Waals surface area contributed by atoms with Crippen LogP contribution in [0.3, 0.4) is 0 Å². The number of nitrogens with two attached hydrogens (primary N) is 1. The van der Waals surface area contributed by atoms with Gasteiger partial charge in [0.1, 0.15) is 17.9 Å². The molecule has 1 heterocycles. The number of fused-ring (bicyclic) bond motifs is 1. The Bertz CT molecular complexity index is 890. The molecule has 3 N–H and O–H groups in total. The van der Waals surface area contributed by atoms with Crippen molar-refractivity contribution in [2.45, 2.75) is 38.2 Å². The van der Waals surface area contributed by atoms with Crippen LogP contribution in [-0.2, 0) is 6.42 Å². The Morgan fingerprint density at radius 1 is 1.08 bits per heavy atom. The van der Waals surface area contributed by atoms with Gasteiger partial charge in [-0.3, -0.25) is 0 Å². The molecule has 0 spiro atoms. The minimum absolute atomic E-state index is 0.373. The second-order valence-corrected chi connectivity index (χ2v) is 6.81. The summed E-state index contributed by atoms with van der Waals surface area (Å²) in [4.78, 5) is 8.67. The van der Waals surface area contributed by atoms with Gasteiger partial charge in [-0.1, -0.05) is 18.2 Å². The first-order valence-corrected chi connectivity index (χ1v) is 9.28. The normalized spacial score (nSPS) is 14.6. The minimum Gasteiger partial charge on any atom is -0.490 e. The van der Waals surface area contributed by atoms with Gasteiger partial charge in [-0.2, -0.15) is 0 Å². The molecule has 0 saturated heterocycles. The van der Waals surface area contributed by atoms with E-state index in [1.807, 2.05) is 24.3 Å². The van der Waals surface area contributed by atoms with Crippen molar-refractivity contribution in [2.24, 2.45) is 0 Å². The Morgan fingerprint density at radius 2 is 1.92 bits per heavy atom. The molecule has 0 aliphatic heterocycles. The maximum Gasteiger partial charge on any atom is 0.137 e. The van der Waals surface area contributed by atoms with Crippen molar-refractivity contribution in [1.29, 1.82) is 0 Å². The highest BCUT2D eigenvalue weighted by Gasteiger charge is 2.17. The molecule has 1 aliphatic carbocycles. The lowest BCUT2D eigenvalue weighted by Crippen LogP contribution is -2.13. The van der Waals surface area contributed by atoms with Crippen LogP contribution in [0, 0.1) is 0 Å². The van der Waals surface area contributed by atoms with Gasteiger partial charge in [-0.25, -0.2) is 9.97 Å². The average molecular weight is 348 g/mol. The number of hydrogen-bond acceptors (Lipinski definition) is 5. The van der Waals surface area contributed by atoms with Crippen LogP contribution in [-0.4, -0.2) is 22.6 Å². The monoisotopic (exact) mass is 348 g/mol.